The third-order valence-electron chi connectivity index (χ3n) is 7.78. The average molecular weight is 656 g/mol. The number of fused-ring (bicyclic) bond motifs is 2. The van der Waals surface area contributed by atoms with E-state index in [1.54, 1.807) is 43.5 Å². The van der Waals surface area contributed by atoms with Gasteiger partial charge in [0.25, 0.3) is 11.8 Å². The van der Waals surface area contributed by atoms with Crippen LogP contribution in [0.15, 0.2) is 76.0 Å². The van der Waals surface area contributed by atoms with Gasteiger partial charge in [-0.05, 0) is 49.6 Å². The van der Waals surface area contributed by atoms with Gasteiger partial charge < -0.3 is 35.7 Å². The highest BCUT2D eigenvalue weighted by Crippen LogP contribution is 2.29. The van der Waals surface area contributed by atoms with Crippen molar-refractivity contribution in [1.82, 2.24) is 10.6 Å². The van der Waals surface area contributed by atoms with E-state index >= 15 is 0 Å². The van der Waals surface area contributed by atoms with Crippen molar-refractivity contribution in [1.29, 1.82) is 0 Å². The van der Waals surface area contributed by atoms with Crippen LogP contribution in [-0.2, 0) is 28.6 Å². The maximum Gasteiger partial charge on any atom is 0.405 e. The standard InChI is InChI=1S/C33H41N3O9S/c1-17-13-21-27(36-32(41)26-11-8-12-46-26)23(37)16-22(29(21)39)35-31(40)18(2)9-7-10-24(43-5)30(45-33(34)42)20(4)15-19(3)28(38)25(14-17)44-6/h7-12,15-17,19,24-25,28,30,38H,13-14H2,1-6H3,(H2,34,42)(H,35,40)(H,36,41)/b10-7-,18-9+,20-15+/t17-,19+,24+,25+,28-,30+/m1/s1. The first kappa shape index (κ1) is 36.3. The van der Waals surface area contributed by atoms with Crippen molar-refractivity contribution in [3.05, 3.63) is 80.9 Å². The molecule has 1 aromatic rings. The number of aliphatic hydroxyl groups excluding tert-OH is 1. The molecule has 1 aliphatic carbocycles. The molecule has 2 aliphatic rings. The maximum atomic E-state index is 13.8. The zero-order valence-corrected chi connectivity index (χ0v) is 27.5. The van der Waals surface area contributed by atoms with Gasteiger partial charge in [0.05, 0.1) is 28.5 Å². The Bertz CT molecular complexity index is 1490. The summed E-state index contributed by atoms with van der Waals surface area (Å²) in [4.78, 5) is 65.2. The number of carbonyl (C=O) groups is 5. The topological polar surface area (TPSA) is 183 Å². The molecule has 3 rings (SSSR count). The number of ether oxygens (including phenoxy) is 3. The zero-order chi connectivity index (χ0) is 34.1. The van der Waals surface area contributed by atoms with Crippen LogP contribution in [0.3, 0.4) is 0 Å². The third-order valence-corrected chi connectivity index (χ3v) is 8.65. The molecule has 0 fully saturated rings. The molecule has 1 aliphatic heterocycles. The van der Waals surface area contributed by atoms with Gasteiger partial charge in [-0.2, -0.15) is 0 Å². The Labute approximate surface area is 272 Å². The van der Waals surface area contributed by atoms with Gasteiger partial charge in [0, 0.05) is 37.4 Å². The maximum absolute atomic E-state index is 13.8. The minimum Gasteiger partial charge on any atom is -0.439 e. The predicted octanol–water partition coefficient (Wildman–Crippen LogP) is 3.25. The summed E-state index contributed by atoms with van der Waals surface area (Å²) in [6, 6.07) is 3.29. The molecule has 5 N–H and O–H groups in total. The van der Waals surface area contributed by atoms with E-state index in [0.29, 0.717) is 10.5 Å². The van der Waals surface area contributed by atoms with Crippen molar-refractivity contribution in [2.45, 2.75) is 65.0 Å². The molecular formula is C33H41N3O9S. The summed E-state index contributed by atoms with van der Waals surface area (Å²) < 4.78 is 16.6. The highest BCUT2D eigenvalue weighted by atomic mass is 32.1. The number of Topliss-reactive ketones (excluding diaryl/α,β-unsaturated/α-hetero) is 1. The molecule has 0 spiro atoms. The molecule has 1 aromatic heterocycles. The summed E-state index contributed by atoms with van der Waals surface area (Å²) in [6.45, 7) is 6.83. The van der Waals surface area contributed by atoms with E-state index in [-0.39, 0.29) is 41.3 Å². The first-order chi connectivity index (χ1) is 21.8. The summed E-state index contributed by atoms with van der Waals surface area (Å²) in [6.07, 6.45) is 3.09. The van der Waals surface area contributed by atoms with E-state index < -0.39 is 59.8 Å². The fourth-order valence-electron chi connectivity index (χ4n) is 5.30. The molecule has 0 unspecified atom stereocenters. The highest BCUT2D eigenvalue weighted by molar-refractivity contribution is 7.12. The molecule has 0 aromatic carbocycles. The van der Waals surface area contributed by atoms with Gasteiger partial charge in [0.2, 0.25) is 11.6 Å². The lowest BCUT2D eigenvalue weighted by Gasteiger charge is -2.30. The SMILES string of the molecule is CO[C@H]1/C=C\C=C(/C)C(=O)NC2=CC(=O)C(NC(=O)c3cccs3)=C(C[C@@H](C)C[C@H](OC)[C@H](O)[C@@H](C)/C=C(\C)[C@@H]1OC(N)=O)C2=O. The number of allylic oxidation sites excluding steroid dienone is 4. The van der Waals surface area contributed by atoms with Gasteiger partial charge in [-0.25, -0.2) is 4.79 Å². The van der Waals surface area contributed by atoms with Crippen LogP contribution in [0.25, 0.3) is 0 Å². The number of hydrogen-bond acceptors (Lipinski definition) is 10. The number of nitrogens with one attached hydrogen (secondary N) is 2. The molecule has 3 amide bonds. The quantitative estimate of drug-likeness (QED) is 0.273. The smallest absolute Gasteiger partial charge is 0.405 e. The average Bonchev–Trinajstić information content (AvgIpc) is 3.55. The van der Waals surface area contributed by atoms with Crippen molar-refractivity contribution < 1.29 is 43.3 Å². The first-order valence-electron chi connectivity index (χ1n) is 14.7. The molecule has 46 heavy (non-hydrogen) atoms. The number of carbonyl (C=O) groups excluding carboxylic acids is 5. The van der Waals surface area contributed by atoms with Gasteiger partial charge in [0.15, 0.2) is 6.10 Å². The van der Waals surface area contributed by atoms with Gasteiger partial charge in [-0.3, -0.25) is 19.2 Å². The summed E-state index contributed by atoms with van der Waals surface area (Å²) >= 11 is 1.18. The fourth-order valence-corrected chi connectivity index (χ4v) is 5.92. The van der Waals surface area contributed by atoms with Crippen molar-refractivity contribution in [3.8, 4) is 0 Å². The minimum absolute atomic E-state index is 0.0298. The van der Waals surface area contributed by atoms with Crippen LogP contribution in [0, 0.1) is 11.8 Å². The summed E-state index contributed by atoms with van der Waals surface area (Å²) in [5.74, 6) is -3.26. The van der Waals surface area contributed by atoms with Crippen LogP contribution in [0.2, 0.25) is 0 Å². The molecule has 248 valence electrons. The second-order valence-electron chi connectivity index (χ2n) is 11.4. The lowest BCUT2D eigenvalue weighted by Crippen LogP contribution is -2.38. The van der Waals surface area contributed by atoms with Gasteiger partial charge in [-0.1, -0.05) is 44.2 Å². The van der Waals surface area contributed by atoms with Crippen molar-refractivity contribution >= 4 is 40.8 Å². The summed E-state index contributed by atoms with van der Waals surface area (Å²) in [5.41, 5.74) is 5.73. The molecule has 0 saturated carbocycles. The van der Waals surface area contributed by atoms with Gasteiger partial charge in [-0.15, -0.1) is 11.3 Å². The molecule has 6 atom stereocenters. The number of rotatable bonds is 5. The highest BCUT2D eigenvalue weighted by Gasteiger charge is 2.34. The Hall–Kier alpha value is -4.17. The molecule has 0 radical (unpaired) electrons. The van der Waals surface area contributed by atoms with Gasteiger partial charge >= 0.3 is 6.09 Å². The number of ketones is 2. The molecule has 12 nitrogen and oxygen atoms in total. The van der Waals surface area contributed by atoms with E-state index in [1.807, 2.05) is 6.92 Å². The Kier molecular flexibility index (Phi) is 12.9. The Balaban J connectivity index is 2.09. The van der Waals surface area contributed by atoms with E-state index in [4.69, 9.17) is 19.9 Å². The number of primary amides is 1. The zero-order valence-electron chi connectivity index (χ0n) is 26.7. The normalized spacial score (nSPS) is 29.9. The largest absolute Gasteiger partial charge is 0.439 e. The number of amides is 3. The van der Waals surface area contributed by atoms with E-state index in [0.717, 1.165) is 6.08 Å². The summed E-state index contributed by atoms with van der Waals surface area (Å²) in [5, 5.41) is 18.1. The predicted molar refractivity (Wildman–Crippen MR) is 171 cm³/mol. The number of hydrogen-bond donors (Lipinski definition) is 4. The molecule has 0 saturated heterocycles. The van der Waals surface area contributed by atoms with Crippen LogP contribution in [0.5, 0.6) is 0 Å². The molecule has 2 bridgehead atoms. The van der Waals surface area contributed by atoms with Gasteiger partial charge in [0.1, 0.15) is 6.10 Å². The molecule has 2 heterocycles. The second-order valence-corrected chi connectivity index (χ2v) is 12.3. The van der Waals surface area contributed by atoms with Crippen LogP contribution in [-0.4, -0.2) is 73.2 Å². The Morgan fingerprint density at radius 3 is 2.46 bits per heavy atom. The van der Waals surface area contributed by atoms with Crippen LogP contribution >= 0.6 is 11.3 Å². The van der Waals surface area contributed by atoms with Crippen LogP contribution < -0.4 is 16.4 Å². The Morgan fingerprint density at radius 2 is 1.85 bits per heavy atom. The Morgan fingerprint density at radius 1 is 1.13 bits per heavy atom. The van der Waals surface area contributed by atoms with E-state index in [2.05, 4.69) is 10.6 Å². The third kappa shape index (κ3) is 9.19. The number of thiophene rings is 1. The van der Waals surface area contributed by atoms with Crippen molar-refractivity contribution in [3.63, 3.8) is 0 Å². The monoisotopic (exact) mass is 655 g/mol. The second kappa shape index (κ2) is 16.4. The van der Waals surface area contributed by atoms with E-state index in [9.17, 15) is 29.1 Å². The van der Waals surface area contributed by atoms with Crippen LogP contribution in [0.4, 0.5) is 4.79 Å². The number of methoxy groups -OCH3 is 2. The van der Waals surface area contributed by atoms with Crippen LogP contribution in [0.1, 0.15) is 50.2 Å². The number of aliphatic hydroxyl groups is 1. The van der Waals surface area contributed by atoms with Crippen molar-refractivity contribution in [2.75, 3.05) is 14.2 Å². The van der Waals surface area contributed by atoms with Crippen molar-refractivity contribution in [2.24, 2.45) is 17.6 Å². The minimum atomic E-state index is -1.02. The molecule has 13 heteroatoms. The molecular weight excluding hydrogens is 614 g/mol. The summed E-state index contributed by atoms with van der Waals surface area (Å²) in [7, 11) is 2.87. The fraction of sp³-hybridized carbons (Fsp3) is 0.424. The van der Waals surface area contributed by atoms with E-state index in [1.165, 1.54) is 44.6 Å². The number of nitrogens with two attached hydrogens (primary N) is 1. The lowest BCUT2D eigenvalue weighted by molar-refractivity contribution is -0.120. The lowest BCUT2D eigenvalue weighted by atomic mass is 9.85. The first-order valence-corrected chi connectivity index (χ1v) is 15.6.